The Hall–Kier alpha value is -2.19. The number of nitrogens with zero attached hydrogens (tertiary/aromatic N) is 6. The van der Waals surface area contributed by atoms with Crippen LogP contribution in [0.5, 0.6) is 0 Å². The monoisotopic (exact) mass is 332 g/mol. The summed E-state index contributed by atoms with van der Waals surface area (Å²) in [6.45, 7) is 3.90. The Labute approximate surface area is 141 Å². The van der Waals surface area contributed by atoms with Gasteiger partial charge in [0, 0.05) is 65.9 Å². The van der Waals surface area contributed by atoms with Gasteiger partial charge in [-0.05, 0) is 6.07 Å². The second kappa shape index (κ2) is 7.14. The lowest BCUT2D eigenvalue weighted by atomic mass is 10.2. The van der Waals surface area contributed by atoms with E-state index in [4.69, 9.17) is 4.74 Å². The van der Waals surface area contributed by atoms with Crippen LogP contribution >= 0.6 is 0 Å². The van der Waals surface area contributed by atoms with Gasteiger partial charge in [0.15, 0.2) is 5.82 Å². The van der Waals surface area contributed by atoms with E-state index in [1.165, 1.54) is 10.3 Å². The number of hydrogen-bond acceptors (Lipinski definition) is 6. The van der Waals surface area contributed by atoms with Crippen molar-refractivity contribution in [3.63, 3.8) is 0 Å². The maximum Gasteiger partial charge on any atom is 0.293 e. The average molecular weight is 332 g/mol. The van der Waals surface area contributed by atoms with Crippen LogP contribution in [0.25, 0.3) is 0 Å². The van der Waals surface area contributed by atoms with Gasteiger partial charge in [-0.15, -0.1) is 0 Å². The lowest BCUT2D eigenvalue weighted by Gasteiger charge is -2.34. The molecular formula is C16H24N6O2. The molecule has 0 saturated carbocycles. The predicted molar refractivity (Wildman–Crippen MR) is 91.0 cm³/mol. The Kier molecular flexibility index (Phi) is 4.96. The van der Waals surface area contributed by atoms with Gasteiger partial charge in [-0.3, -0.25) is 14.4 Å². The van der Waals surface area contributed by atoms with Crippen LogP contribution in [0, 0.1) is 0 Å². The molecule has 0 spiro atoms. The summed E-state index contributed by atoms with van der Waals surface area (Å²) in [5.74, 6) is 0.451. The largest absolute Gasteiger partial charge is 0.374 e. The number of morpholine rings is 1. The first-order valence-electron chi connectivity index (χ1n) is 8.08. The Morgan fingerprint density at radius 3 is 2.96 bits per heavy atom. The first kappa shape index (κ1) is 16.7. The summed E-state index contributed by atoms with van der Waals surface area (Å²) >= 11 is 0. The van der Waals surface area contributed by atoms with Crippen molar-refractivity contribution in [3.8, 4) is 0 Å². The standard InChI is InChI=1S/C16H24N6O2/c1-19-7-6-17-15(16(19)23)20(2)11-14-12-22(8-9-24-14)10-13-4-5-18-21(13)3/h4-7,14H,8-12H2,1-3H3/t14-/m0/s1. The van der Waals surface area contributed by atoms with Crippen molar-refractivity contribution in [1.29, 1.82) is 0 Å². The molecular weight excluding hydrogens is 308 g/mol. The van der Waals surface area contributed by atoms with Gasteiger partial charge >= 0.3 is 0 Å². The summed E-state index contributed by atoms with van der Waals surface area (Å²) in [6.07, 6.45) is 5.16. The number of hydrogen-bond donors (Lipinski definition) is 0. The molecule has 0 radical (unpaired) electrons. The fourth-order valence-corrected chi connectivity index (χ4v) is 2.96. The number of anilines is 1. The lowest BCUT2D eigenvalue weighted by molar-refractivity contribution is -0.0271. The van der Waals surface area contributed by atoms with Crippen LogP contribution in [0.2, 0.25) is 0 Å². The Morgan fingerprint density at radius 2 is 2.21 bits per heavy atom. The quantitative estimate of drug-likeness (QED) is 0.759. The molecule has 2 aromatic heterocycles. The van der Waals surface area contributed by atoms with Gasteiger partial charge in [-0.25, -0.2) is 4.98 Å². The first-order chi connectivity index (χ1) is 11.5. The highest BCUT2D eigenvalue weighted by Gasteiger charge is 2.23. The molecule has 3 heterocycles. The predicted octanol–water partition coefficient (Wildman–Crippen LogP) is -0.149. The average Bonchev–Trinajstić information content (AvgIpc) is 2.95. The molecule has 130 valence electrons. The van der Waals surface area contributed by atoms with E-state index in [-0.39, 0.29) is 11.7 Å². The molecule has 0 aromatic carbocycles. The maximum atomic E-state index is 12.2. The normalized spacial score (nSPS) is 18.7. The van der Waals surface area contributed by atoms with E-state index in [9.17, 15) is 4.79 Å². The molecule has 1 fully saturated rings. The molecule has 1 aliphatic heterocycles. The molecule has 0 N–H and O–H groups in total. The molecule has 1 aliphatic rings. The van der Waals surface area contributed by atoms with Crippen molar-refractivity contribution >= 4 is 5.82 Å². The van der Waals surface area contributed by atoms with E-state index >= 15 is 0 Å². The molecule has 0 bridgehead atoms. The summed E-state index contributed by atoms with van der Waals surface area (Å²) < 4.78 is 9.31. The Balaban J connectivity index is 1.62. The van der Waals surface area contributed by atoms with E-state index in [0.29, 0.717) is 19.0 Å². The van der Waals surface area contributed by atoms with Crippen molar-refractivity contribution in [2.75, 3.05) is 38.2 Å². The number of aryl methyl sites for hydroxylation is 2. The fourth-order valence-electron chi connectivity index (χ4n) is 2.96. The second-order valence-electron chi connectivity index (χ2n) is 6.22. The van der Waals surface area contributed by atoms with Crippen LogP contribution < -0.4 is 10.5 Å². The van der Waals surface area contributed by atoms with Gasteiger partial charge in [0.05, 0.1) is 18.4 Å². The zero-order valence-corrected chi connectivity index (χ0v) is 14.4. The zero-order chi connectivity index (χ0) is 17.1. The first-order valence-corrected chi connectivity index (χ1v) is 8.08. The van der Waals surface area contributed by atoms with Crippen LogP contribution in [-0.4, -0.2) is 63.6 Å². The van der Waals surface area contributed by atoms with Crippen LogP contribution in [0.1, 0.15) is 5.69 Å². The van der Waals surface area contributed by atoms with Gasteiger partial charge < -0.3 is 14.2 Å². The minimum atomic E-state index is -0.0949. The van der Waals surface area contributed by atoms with Gasteiger partial charge in [0.1, 0.15) is 0 Å². The Morgan fingerprint density at radius 1 is 1.38 bits per heavy atom. The molecule has 0 unspecified atom stereocenters. The van der Waals surface area contributed by atoms with Gasteiger partial charge in [0.25, 0.3) is 5.56 Å². The molecule has 8 nitrogen and oxygen atoms in total. The van der Waals surface area contributed by atoms with Gasteiger partial charge in [0.2, 0.25) is 0 Å². The van der Waals surface area contributed by atoms with Crippen molar-refractivity contribution < 1.29 is 4.74 Å². The molecule has 0 amide bonds. The maximum absolute atomic E-state index is 12.2. The number of rotatable bonds is 5. The van der Waals surface area contributed by atoms with E-state index in [2.05, 4.69) is 15.0 Å². The molecule has 3 rings (SSSR count). The summed E-state index contributed by atoms with van der Waals surface area (Å²) in [5.41, 5.74) is 1.09. The highest BCUT2D eigenvalue weighted by atomic mass is 16.5. The topological polar surface area (TPSA) is 68.4 Å². The third-order valence-electron chi connectivity index (χ3n) is 4.37. The van der Waals surface area contributed by atoms with Gasteiger partial charge in [-0.2, -0.15) is 5.10 Å². The van der Waals surface area contributed by atoms with Crippen molar-refractivity contribution in [3.05, 3.63) is 40.7 Å². The number of likely N-dealkylation sites (N-methyl/N-ethyl adjacent to an activating group) is 1. The van der Waals surface area contributed by atoms with Crippen LogP contribution in [0.3, 0.4) is 0 Å². The van der Waals surface area contributed by atoms with E-state index < -0.39 is 0 Å². The van der Waals surface area contributed by atoms with E-state index in [1.54, 1.807) is 19.4 Å². The lowest BCUT2D eigenvalue weighted by Crippen LogP contribution is -2.47. The number of aromatic nitrogens is 4. The van der Waals surface area contributed by atoms with E-state index in [1.807, 2.05) is 35.9 Å². The smallest absolute Gasteiger partial charge is 0.293 e. The highest BCUT2D eigenvalue weighted by molar-refractivity contribution is 5.34. The van der Waals surface area contributed by atoms with E-state index in [0.717, 1.165) is 19.6 Å². The van der Waals surface area contributed by atoms with Crippen molar-refractivity contribution in [2.45, 2.75) is 12.6 Å². The Bertz CT molecular complexity index is 740. The molecule has 0 aliphatic carbocycles. The SMILES string of the molecule is CN(C[C@H]1CN(Cc2ccnn2C)CCO1)c1nccn(C)c1=O. The van der Waals surface area contributed by atoms with Crippen LogP contribution in [0.4, 0.5) is 5.82 Å². The molecule has 1 saturated heterocycles. The summed E-state index contributed by atoms with van der Waals surface area (Å²) in [7, 11) is 5.57. The second-order valence-corrected chi connectivity index (χ2v) is 6.22. The summed E-state index contributed by atoms with van der Waals surface area (Å²) in [4.78, 5) is 20.6. The van der Waals surface area contributed by atoms with Crippen molar-refractivity contribution in [2.24, 2.45) is 14.1 Å². The van der Waals surface area contributed by atoms with Crippen molar-refractivity contribution in [1.82, 2.24) is 24.2 Å². The number of ether oxygens (including phenoxy) is 1. The third kappa shape index (κ3) is 3.65. The minimum absolute atomic E-state index is 0.0451. The molecule has 8 heteroatoms. The van der Waals surface area contributed by atoms with Gasteiger partial charge in [-0.1, -0.05) is 0 Å². The fraction of sp³-hybridized carbons (Fsp3) is 0.562. The molecule has 2 aromatic rings. The van der Waals surface area contributed by atoms with Crippen LogP contribution in [0.15, 0.2) is 29.5 Å². The third-order valence-corrected chi connectivity index (χ3v) is 4.37. The highest BCUT2D eigenvalue weighted by Crippen LogP contribution is 2.12. The van der Waals surface area contributed by atoms with Crippen LogP contribution in [-0.2, 0) is 25.4 Å². The summed E-state index contributed by atoms with van der Waals surface area (Å²) in [5, 5.41) is 4.21. The zero-order valence-electron chi connectivity index (χ0n) is 14.4. The summed E-state index contributed by atoms with van der Waals surface area (Å²) in [6, 6.07) is 2.04. The molecule has 1 atom stereocenters. The minimum Gasteiger partial charge on any atom is -0.374 e. The molecule has 24 heavy (non-hydrogen) atoms.